The molecule has 0 radical (unpaired) electrons. The predicted molar refractivity (Wildman–Crippen MR) is 74.2 cm³/mol. The van der Waals surface area contributed by atoms with Gasteiger partial charge in [-0.15, -0.1) is 0 Å². The van der Waals surface area contributed by atoms with E-state index in [2.05, 4.69) is 4.90 Å². The van der Waals surface area contributed by atoms with Crippen LogP contribution < -0.4 is 0 Å². The molecule has 0 heterocycles. The lowest BCUT2D eigenvalue weighted by Crippen LogP contribution is -2.50. The van der Waals surface area contributed by atoms with E-state index in [-0.39, 0.29) is 0 Å². The first-order valence-electron chi connectivity index (χ1n) is 7.79. The van der Waals surface area contributed by atoms with E-state index in [1.54, 1.807) is 0 Å². The van der Waals surface area contributed by atoms with Crippen molar-refractivity contribution in [2.24, 2.45) is 0 Å². The molecule has 2 saturated carbocycles. The smallest absolute Gasteiger partial charge is 0.335 e. The third-order valence-corrected chi connectivity index (χ3v) is 3.58. The molecule has 5 nitrogen and oxygen atoms in total. The molecule has 20 heavy (non-hydrogen) atoms. The summed E-state index contributed by atoms with van der Waals surface area (Å²) in [4.78, 5) is 26.5. The summed E-state index contributed by atoms with van der Waals surface area (Å²) in [6.45, 7) is 4.60. The molecule has 0 bridgehead atoms. The van der Waals surface area contributed by atoms with Gasteiger partial charge >= 0.3 is 11.9 Å². The van der Waals surface area contributed by atoms with Crippen molar-refractivity contribution in [3.05, 3.63) is 0 Å². The van der Waals surface area contributed by atoms with Crippen LogP contribution in [-0.4, -0.2) is 48.2 Å². The van der Waals surface area contributed by atoms with E-state index in [1.165, 1.54) is 0 Å². The van der Waals surface area contributed by atoms with Gasteiger partial charge in [-0.1, -0.05) is 13.8 Å². The van der Waals surface area contributed by atoms with Crippen molar-refractivity contribution in [2.45, 2.75) is 70.5 Å². The number of carbonyl (C=O) groups excluding carboxylic acids is 2. The van der Waals surface area contributed by atoms with Gasteiger partial charge in [0.2, 0.25) is 6.04 Å². The average Bonchev–Trinajstić information content (AvgIpc) is 3.31. The first-order valence-corrected chi connectivity index (χ1v) is 7.79. The van der Waals surface area contributed by atoms with Crippen LogP contribution in [0, 0.1) is 0 Å². The van der Waals surface area contributed by atoms with Gasteiger partial charge in [0.15, 0.2) is 0 Å². The summed E-state index contributed by atoms with van der Waals surface area (Å²) in [6.07, 6.45) is 5.78. The summed E-state index contributed by atoms with van der Waals surface area (Å²) in [5.41, 5.74) is 0. The van der Waals surface area contributed by atoms with Gasteiger partial charge in [0.1, 0.15) is 0 Å². The van der Waals surface area contributed by atoms with E-state index in [0.717, 1.165) is 38.5 Å². The Labute approximate surface area is 120 Å². The van der Waals surface area contributed by atoms with E-state index >= 15 is 0 Å². The molecule has 0 aromatic carbocycles. The second-order valence-corrected chi connectivity index (χ2v) is 5.65. The zero-order chi connectivity index (χ0) is 14.5. The van der Waals surface area contributed by atoms with Crippen molar-refractivity contribution in [2.75, 3.05) is 13.2 Å². The Morgan fingerprint density at radius 1 is 0.950 bits per heavy atom. The summed E-state index contributed by atoms with van der Waals surface area (Å²) in [5.74, 6) is -0.876. The topological polar surface area (TPSA) is 55.8 Å². The summed E-state index contributed by atoms with van der Waals surface area (Å²) >= 11 is 0. The van der Waals surface area contributed by atoms with E-state index in [4.69, 9.17) is 9.47 Å². The zero-order valence-corrected chi connectivity index (χ0v) is 12.5. The lowest BCUT2D eigenvalue weighted by Gasteiger charge is -2.28. The van der Waals surface area contributed by atoms with Crippen LogP contribution in [-0.2, 0) is 19.1 Å². The Morgan fingerprint density at radius 2 is 1.35 bits per heavy atom. The third kappa shape index (κ3) is 3.95. The lowest BCUT2D eigenvalue weighted by molar-refractivity contribution is -0.165. The quantitative estimate of drug-likeness (QED) is 0.478. The number of hydrogen-bond acceptors (Lipinski definition) is 5. The maximum absolute atomic E-state index is 12.2. The molecular weight excluding hydrogens is 258 g/mol. The molecular formula is C15H25NO4. The summed E-state index contributed by atoms with van der Waals surface area (Å²) < 4.78 is 10.4. The molecule has 0 aromatic rings. The highest BCUT2D eigenvalue weighted by Gasteiger charge is 2.49. The molecule has 0 amide bonds. The van der Waals surface area contributed by atoms with Crippen LogP contribution >= 0.6 is 0 Å². The number of hydrogen-bond donors (Lipinski definition) is 0. The molecule has 5 heteroatoms. The monoisotopic (exact) mass is 283 g/mol. The first kappa shape index (κ1) is 15.3. The zero-order valence-electron chi connectivity index (χ0n) is 12.5. The van der Waals surface area contributed by atoms with Crippen LogP contribution in [0.3, 0.4) is 0 Å². The molecule has 2 aliphatic rings. The average molecular weight is 283 g/mol. The number of carbonyl (C=O) groups is 2. The molecule has 2 fully saturated rings. The Hall–Kier alpha value is -1.10. The third-order valence-electron chi connectivity index (χ3n) is 3.58. The summed E-state index contributed by atoms with van der Waals surface area (Å²) in [7, 11) is 0. The molecule has 0 unspecified atom stereocenters. The SMILES string of the molecule is CCCOC(=O)C(C(=O)OCCC)N(C1CC1)C1CC1. The summed E-state index contributed by atoms with van der Waals surface area (Å²) in [6, 6.07) is -0.139. The summed E-state index contributed by atoms with van der Waals surface area (Å²) in [5, 5.41) is 0. The number of ether oxygens (including phenoxy) is 2. The van der Waals surface area contributed by atoms with Gasteiger partial charge in [0, 0.05) is 12.1 Å². The van der Waals surface area contributed by atoms with Crippen molar-refractivity contribution in [3.8, 4) is 0 Å². The minimum absolute atomic E-state index is 0.357. The van der Waals surface area contributed by atoms with Crippen molar-refractivity contribution in [1.29, 1.82) is 0 Å². The molecule has 0 saturated heterocycles. The van der Waals surface area contributed by atoms with Gasteiger partial charge < -0.3 is 9.47 Å². The Bertz CT molecular complexity index is 318. The fourth-order valence-electron chi connectivity index (χ4n) is 2.37. The molecule has 0 spiro atoms. The van der Waals surface area contributed by atoms with Crippen molar-refractivity contribution in [3.63, 3.8) is 0 Å². The highest BCUT2D eigenvalue weighted by Crippen LogP contribution is 2.39. The standard InChI is InChI=1S/C15H25NO4/c1-3-9-19-14(17)13(15(18)20-10-4-2)16(11-5-6-11)12-7-8-12/h11-13H,3-10H2,1-2H3. The van der Waals surface area contributed by atoms with Crippen LogP contribution in [0.25, 0.3) is 0 Å². The minimum atomic E-state index is -0.854. The Kier molecular flexibility index (Phi) is 5.40. The number of esters is 2. The second kappa shape index (κ2) is 7.07. The van der Waals surface area contributed by atoms with E-state index < -0.39 is 18.0 Å². The maximum atomic E-state index is 12.2. The normalized spacial score (nSPS) is 18.4. The van der Waals surface area contributed by atoms with Crippen LogP contribution in [0.5, 0.6) is 0 Å². The Balaban J connectivity index is 2.04. The molecule has 0 atom stereocenters. The van der Waals surface area contributed by atoms with Crippen LogP contribution in [0.15, 0.2) is 0 Å². The highest BCUT2D eigenvalue weighted by molar-refractivity contribution is 5.99. The molecule has 2 aliphatic carbocycles. The van der Waals surface area contributed by atoms with Crippen molar-refractivity contribution in [1.82, 2.24) is 4.90 Å². The van der Waals surface area contributed by atoms with Crippen LogP contribution in [0.4, 0.5) is 0 Å². The van der Waals surface area contributed by atoms with Gasteiger partial charge in [-0.2, -0.15) is 0 Å². The molecule has 2 rings (SSSR count). The minimum Gasteiger partial charge on any atom is -0.464 e. The Morgan fingerprint density at radius 3 is 1.65 bits per heavy atom. The number of rotatable bonds is 9. The molecule has 0 aromatic heterocycles. The van der Waals surface area contributed by atoms with E-state index in [0.29, 0.717) is 25.3 Å². The van der Waals surface area contributed by atoms with Gasteiger partial charge in [0.05, 0.1) is 13.2 Å². The van der Waals surface area contributed by atoms with E-state index in [9.17, 15) is 9.59 Å². The fourth-order valence-corrected chi connectivity index (χ4v) is 2.37. The largest absolute Gasteiger partial charge is 0.464 e. The molecule has 114 valence electrons. The number of nitrogens with zero attached hydrogens (tertiary/aromatic N) is 1. The highest BCUT2D eigenvalue weighted by atomic mass is 16.6. The van der Waals surface area contributed by atoms with Gasteiger partial charge in [-0.25, -0.2) is 9.59 Å². The lowest BCUT2D eigenvalue weighted by atomic mass is 10.2. The van der Waals surface area contributed by atoms with Gasteiger partial charge in [-0.3, -0.25) is 4.90 Å². The van der Waals surface area contributed by atoms with E-state index in [1.807, 2.05) is 13.8 Å². The molecule has 0 N–H and O–H groups in total. The first-order chi connectivity index (χ1) is 9.69. The second-order valence-electron chi connectivity index (χ2n) is 5.65. The van der Waals surface area contributed by atoms with Crippen molar-refractivity contribution >= 4 is 11.9 Å². The predicted octanol–water partition coefficient (Wildman–Crippen LogP) is 1.89. The van der Waals surface area contributed by atoms with Crippen LogP contribution in [0.1, 0.15) is 52.4 Å². The van der Waals surface area contributed by atoms with Crippen LogP contribution in [0.2, 0.25) is 0 Å². The fraction of sp³-hybridized carbons (Fsp3) is 0.867. The molecule has 0 aliphatic heterocycles. The van der Waals surface area contributed by atoms with Crippen molar-refractivity contribution < 1.29 is 19.1 Å². The van der Waals surface area contributed by atoms with Gasteiger partial charge in [-0.05, 0) is 38.5 Å². The maximum Gasteiger partial charge on any atom is 0.335 e. The van der Waals surface area contributed by atoms with Gasteiger partial charge in [0.25, 0.3) is 0 Å².